The second-order valence-electron chi connectivity index (χ2n) is 3.98. The molecule has 0 fully saturated rings. The number of nitrogens with one attached hydrogen (secondary N) is 1. The number of nitrogens with two attached hydrogens (primary N) is 1. The Bertz CT molecular complexity index is 703. The summed E-state index contributed by atoms with van der Waals surface area (Å²) in [5.74, 6) is -0.0747. The maximum absolute atomic E-state index is 11.4. The Morgan fingerprint density at radius 3 is 2.27 bits per heavy atom. The summed E-state index contributed by atoms with van der Waals surface area (Å²) in [4.78, 5) is 18.2. The van der Waals surface area contributed by atoms with Crippen LogP contribution >= 0.6 is 0 Å². The van der Waals surface area contributed by atoms with Crippen LogP contribution in [-0.2, 0) is 14.8 Å². The number of anilines is 1. The van der Waals surface area contributed by atoms with Gasteiger partial charge in [-0.1, -0.05) is 0 Å². The highest BCUT2D eigenvalue weighted by Gasteiger charge is 2.14. The topological polar surface area (TPSA) is 124 Å². The minimum atomic E-state index is -3.73. The smallest absolute Gasteiger partial charge is 0.264 e. The third kappa shape index (κ3) is 5.75. The fourth-order valence-electron chi connectivity index (χ4n) is 1.29. The van der Waals surface area contributed by atoms with Crippen molar-refractivity contribution in [3.63, 3.8) is 0 Å². The lowest BCUT2D eigenvalue weighted by Gasteiger charge is -2.04. The lowest BCUT2D eigenvalue weighted by atomic mass is 10.3. The molecular weight excluding hydrogens is 308 g/mol. The zero-order chi connectivity index (χ0) is 16.6. The van der Waals surface area contributed by atoms with Gasteiger partial charge >= 0.3 is 0 Å². The van der Waals surface area contributed by atoms with Crippen molar-refractivity contribution in [1.29, 1.82) is 0 Å². The highest BCUT2D eigenvalue weighted by Crippen LogP contribution is 2.10. The third-order valence-corrected chi connectivity index (χ3v) is 3.67. The van der Waals surface area contributed by atoms with Crippen LogP contribution in [-0.4, -0.2) is 31.4 Å². The van der Waals surface area contributed by atoms with Crippen molar-refractivity contribution in [2.45, 2.75) is 11.8 Å². The summed E-state index contributed by atoms with van der Waals surface area (Å²) in [6.45, 7) is 1.13. The average molecular weight is 324 g/mol. The number of amides is 1. The van der Waals surface area contributed by atoms with Gasteiger partial charge in [0.15, 0.2) is 0 Å². The first kappa shape index (κ1) is 17.4. The Morgan fingerprint density at radius 2 is 1.86 bits per heavy atom. The lowest BCUT2D eigenvalue weighted by Crippen LogP contribution is -2.28. The summed E-state index contributed by atoms with van der Waals surface area (Å²) in [5, 5.41) is 0. The van der Waals surface area contributed by atoms with Gasteiger partial charge in [-0.05, 0) is 24.3 Å². The molecule has 0 spiro atoms. The van der Waals surface area contributed by atoms with E-state index in [1.807, 2.05) is 4.72 Å². The van der Waals surface area contributed by atoms with Gasteiger partial charge in [-0.25, -0.2) is 18.1 Å². The van der Waals surface area contributed by atoms with Crippen LogP contribution in [0.2, 0.25) is 0 Å². The minimum Gasteiger partial charge on any atom is -0.480 e. The van der Waals surface area contributed by atoms with Crippen molar-refractivity contribution in [2.75, 3.05) is 12.8 Å². The molecule has 1 heterocycles. The predicted molar refractivity (Wildman–Crippen MR) is 80.4 cm³/mol. The van der Waals surface area contributed by atoms with Crippen LogP contribution in [0.15, 0.2) is 47.8 Å². The number of methoxy groups -OCH3 is 1. The van der Waals surface area contributed by atoms with E-state index in [2.05, 4.69) is 9.97 Å². The van der Waals surface area contributed by atoms with Gasteiger partial charge in [-0.3, -0.25) is 9.78 Å². The van der Waals surface area contributed by atoms with Gasteiger partial charge in [-0.2, -0.15) is 0 Å². The number of sulfonamides is 1. The van der Waals surface area contributed by atoms with E-state index in [0.29, 0.717) is 11.6 Å². The summed E-state index contributed by atoms with van der Waals surface area (Å²) in [6, 6.07) is 5.57. The van der Waals surface area contributed by atoms with Gasteiger partial charge in [0, 0.05) is 25.0 Å². The molecule has 3 N–H and O–H groups in total. The molecule has 0 saturated heterocycles. The number of rotatable bonds is 3. The monoisotopic (exact) mass is 324 g/mol. The fraction of sp³-hybridized carbons (Fsp3) is 0.154. The molecular formula is C13H16N4O4S. The highest BCUT2D eigenvalue weighted by atomic mass is 32.2. The van der Waals surface area contributed by atoms with E-state index in [0.717, 1.165) is 6.92 Å². The molecule has 2 rings (SSSR count). The first-order valence-electron chi connectivity index (χ1n) is 6.04. The number of benzene rings is 1. The van der Waals surface area contributed by atoms with Gasteiger partial charge in [0.05, 0.1) is 18.2 Å². The molecule has 9 heteroatoms. The van der Waals surface area contributed by atoms with Crippen molar-refractivity contribution < 1.29 is 17.9 Å². The largest absolute Gasteiger partial charge is 0.480 e. The molecule has 22 heavy (non-hydrogen) atoms. The van der Waals surface area contributed by atoms with Crippen molar-refractivity contribution >= 4 is 21.6 Å². The van der Waals surface area contributed by atoms with Crippen molar-refractivity contribution in [3.05, 3.63) is 42.9 Å². The molecule has 0 unspecified atom stereocenters. The number of aromatic nitrogens is 2. The average Bonchev–Trinajstić information content (AvgIpc) is 2.48. The minimum absolute atomic E-state index is 0.0156. The maximum Gasteiger partial charge on any atom is 0.264 e. The summed E-state index contributed by atoms with van der Waals surface area (Å²) in [7, 11) is -2.17. The van der Waals surface area contributed by atoms with Crippen LogP contribution in [0.1, 0.15) is 6.92 Å². The summed E-state index contributed by atoms with van der Waals surface area (Å²) < 4.78 is 29.4. The number of nitrogens with zero attached hydrogens (tertiary/aromatic N) is 2. The first-order chi connectivity index (χ1) is 10.3. The Morgan fingerprint density at radius 1 is 1.23 bits per heavy atom. The van der Waals surface area contributed by atoms with E-state index in [4.69, 9.17) is 10.5 Å². The Kier molecular flexibility index (Phi) is 6.26. The molecule has 2 aromatic rings. The third-order valence-electron chi connectivity index (χ3n) is 2.22. The SMILES string of the molecule is CC(=O)NS(=O)(=O)c1ccc(N)cc1.COc1cnccn1. The maximum atomic E-state index is 11.4. The Balaban J connectivity index is 0.000000255. The molecule has 0 radical (unpaired) electrons. The zero-order valence-corrected chi connectivity index (χ0v) is 12.9. The van der Waals surface area contributed by atoms with Crippen LogP contribution in [0.25, 0.3) is 0 Å². The molecule has 1 aromatic heterocycles. The zero-order valence-electron chi connectivity index (χ0n) is 12.1. The molecule has 0 atom stereocenters. The van der Waals surface area contributed by atoms with Crippen LogP contribution in [0.5, 0.6) is 5.88 Å². The Labute approximate surface area is 128 Å². The van der Waals surface area contributed by atoms with Crippen LogP contribution in [0.4, 0.5) is 5.69 Å². The number of nitrogen functional groups attached to an aromatic ring is 1. The van der Waals surface area contributed by atoms with E-state index in [9.17, 15) is 13.2 Å². The standard InChI is InChI=1S/C8H10N2O3S.C5H6N2O/c1-6(11)10-14(12,13)8-4-2-7(9)3-5-8;1-8-5-4-6-2-3-7-5/h2-5H,9H2,1H3,(H,10,11);2-4H,1H3. The summed E-state index contributed by atoms with van der Waals surface area (Å²) >= 11 is 0. The summed E-state index contributed by atoms with van der Waals surface area (Å²) in [6.07, 6.45) is 4.74. The predicted octanol–water partition coefficient (Wildman–Crippen LogP) is 0.579. The van der Waals surface area contributed by atoms with E-state index < -0.39 is 15.9 Å². The normalized spacial score (nSPS) is 10.1. The second kappa shape index (κ2) is 7.93. The molecule has 0 aliphatic carbocycles. The van der Waals surface area contributed by atoms with Crippen LogP contribution in [0, 0.1) is 0 Å². The number of hydrogen-bond acceptors (Lipinski definition) is 7. The number of carbonyl (C=O) groups is 1. The molecule has 1 aromatic carbocycles. The van der Waals surface area contributed by atoms with Crippen LogP contribution in [0.3, 0.4) is 0 Å². The fourth-order valence-corrected chi connectivity index (χ4v) is 2.28. The van der Waals surface area contributed by atoms with E-state index >= 15 is 0 Å². The molecule has 0 aliphatic heterocycles. The van der Waals surface area contributed by atoms with Gasteiger partial charge in [0.1, 0.15) is 0 Å². The van der Waals surface area contributed by atoms with E-state index in [1.54, 1.807) is 25.7 Å². The number of hydrogen-bond donors (Lipinski definition) is 2. The molecule has 8 nitrogen and oxygen atoms in total. The van der Waals surface area contributed by atoms with Crippen molar-refractivity contribution in [2.24, 2.45) is 0 Å². The van der Waals surface area contributed by atoms with Crippen LogP contribution < -0.4 is 15.2 Å². The van der Waals surface area contributed by atoms with Gasteiger partial charge in [0.2, 0.25) is 11.8 Å². The van der Waals surface area contributed by atoms with Gasteiger partial charge in [0.25, 0.3) is 10.0 Å². The Hall–Kier alpha value is -2.68. The molecule has 0 aliphatic rings. The lowest BCUT2D eigenvalue weighted by molar-refractivity contribution is -0.117. The highest BCUT2D eigenvalue weighted by molar-refractivity contribution is 7.90. The first-order valence-corrected chi connectivity index (χ1v) is 7.52. The van der Waals surface area contributed by atoms with Gasteiger partial charge in [-0.15, -0.1) is 0 Å². The molecule has 118 valence electrons. The molecule has 0 saturated carbocycles. The van der Waals surface area contributed by atoms with Crippen molar-refractivity contribution in [1.82, 2.24) is 14.7 Å². The number of carbonyl (C=O) groups excluding carboxylic acids is 1. The molecule has 1 amide bonds. The van der Waals surface area contributed by atoms with Gasteiger partial charge < -0.3 is 10.5 Å². The number of ether oxygens (including phenoxy) is 1. The summed E-state index contributed by atoms with van der Waals surface area (Å²) in [5.41, 5.74) is 5.85. The van der Waals surface area contributed by atoms with E-state index in [1.165, 1.54) is 24.3 Å². The van der Waals surface area contributed by atoms with E-state index in [-0.39, 0.29) is 4.90 Å². The molecule has 0 bridgehead atoms. The quantitative estimate of drug-likeness (QED) is 0.791. The second-order valence-corrected chi connectivity index (χ2v) is 5.66. The van der Waals surface area contributed by atoms with Crippen molar-refractivity contribution in [3.8, 4) is 5.88 Å².